The fourth-order valence-corrected chi connectivity index (χ4v) is 3.23. The molecule has 96 valence electrons. The van der Waals surface area contributed by atoms with E-state index in [2.05, 4.69) is 15.9 Å². The Labute approximate surface area is 116 Å². The molecule has 2 rings (SSSR count). The zero-order chi connectivity index (χ0) is 13.3. The molecule has 5 heteroatoms. The molecule has 0 amide bonds. The maximum absolute atomic E-state index is 13.8. The number of halogens is 3. The second kappa shape index (κ2) is 5.47. The first-order chi connectivity index (χ1) is 8.49. The lowest BCUT2D eigenvalue weighted by molar-refractivity contribution is 0.169. The summed E-state index contributed by atoms with van der Waals surface area (Å²) in [5, 5.41) is 11.8. The molecular formula is C13H11BrF2OS. The third kappa shape index (κ3) is 2.79. The van der Waals surface area contributed by atoms with Gasteiger partial charge in [-0.25, -0.2) is 8.78 Å². The molecule has 0 radical (unpaired) electrons. The molecule has 1 N–H and O–H groups in total. The highest BCUT2D eigenvalue weighted by Gasteiger charge is 2.20. The minimum Gasteiger partial charge on any atom is -0.388 e. The molecule has 1 aromatic heterocycles. The van der Waals surface area contributed by atoms with E-state index in [1.165, 1.54) is 23.5 Å². The highest BCUT2D eigenvalue weighted by atomic mass is 79.9. The molecule has 1 heterocycles. The van der Waals surface area contributed by atoms with Crippen LogP contribution in [-0.4, -0.2) is 5.11 Å². The van der Waals surface area contributed by atoms with E-state index in [-0.39, 0.29) is 12.0 Å². The van der Waals surface area contributed by atoms with Crippen LogP contribution in [0.5, 0.6) is 0 Å². The van der Waals surface area contributed by atoms with Crippen LogP contribution in [0.4, 0.5) is 8.78 Å². The molecule has 1 atom stereocenters. The Morgan fingerprint density at radius 3 is 2.72 bits per heavy atom. The van der Waals surface area contributed by atoms with E-state index >= 15 is 0 Å². The standard InChI is InChI=1S/C13H11BrF2OS/c1-7-2-3-10(15)12(13(7)16)11(17)5-9-4-8(14)6-18-9/h2-4,6,11,17H,5H2,1H3. The average Bonchev–Trinajstić information content (AvgIpc) is 2.70. The molecule has 0 bridgehead atoms. The molecule has 0 spiro atoms. The predicted octanol–water partition coefficient (Wildman–Crippen LogP) is 4.37. The van der Waals surface area contributed by atoms with Crippen molar-refractivity contribution in [2.75, 3.05) is 0 Å². The summed E-state index contributed by atoms with van der Waals surface area (Å²) in [6.07, 6.45) is -0.969. The molecule has 0 saturated carbocycles. The fourth-order valence-electron chi connectivity index (χ4n) is 1.74. The molecule has 2 aromatic rings. The number of hydrogen-bond acceptors (Lipinski definition) is 2. The first kappa shape index (κ1) is 13.6. The van der Waals surface area contributed by atoms with Crippen LogP contribution in [0.1, 0.15) is 22.1 Å². The van der Waals surface area contributed by atoms with Gasteiger partial charge >= 0.3 is 0 Å². The summed E-state index contributed by atoms with van der Waals surface area (Å²) in [6, 6.07) is 4.38. The van der Waals surface area contributed by atoms with E-state index in [9.17, 15) is 13.9 Å². The predicted molar refractivity (Wildman–Crippen MR) is 71.8 cm³/mol. The zero-order valence-corrected chi connectivity index (χ0v) is 12.0. The van der Waals surface area contributed by atoms with Crippen molar-refractivity contribution < 1.29 is 13.9 Å². The second-order valence-electron chi connectivity index (χ2n) is 4.04. The minimum atomic E-state index is -1.17. The number of rotatable bonds is 3. The van der Waals surface area contributed by atoms with Gasteiger partial charge in [-0.2, -0.15) is 0 Å². The van der Waals surface area contributed by atoms with Gasteiger partial charge in [-0.3, -0.25) is 0 Å². The smallest absolute Gasteiger partial charge is 0.134 e. The van der Waals surface area contributed by atoms with Gasteiger partial charge in [0.05, 0.1) is 11.7 Å². The second-order valence-corrected chi connectivity index (χ2v) is 5.95. The summed E-state index contributed by atoms with van der Waals surface area (Å²) in [5.41, 5.74) is 0.0809. The van der Waals surface area contributed by atoms with Gasteiger partial charge in [0.2, 0.25) is 0 Å². The number of aliphatic hydroxyl groups is 1. The van der Waals surface area contributed by atoms with Crippen molar-refractivity contribution in [2.45, 2.75) is 19.4 Å². The Morgan fingerprint density at radius 1 is 1.39 bits per heavy atom. The molecule has 0 aliphatic heterocycles. The molecule has 1 aromatic carbocycles. The lowest BCUT2D eigenvalue weighted by Gasteiger charge is -2.13. The van der Waals surface area contributed by atoms with Crippen LogP contribution in [0.2, 0.25) is 0 Å². The quantitative estimate of drug-likeness (QED) is 0.884. The first-order valence-corrected chi connectivity index (χ1v) is 7.01. The maximum Gasteiger partial charge on any atom is 0.134 e. The van der Waals surface area contributed by atoms with Crippen molar-refractivity contribution in [1.82, 2.24) is 0 Å². The molecule has 0 fully saturated rings. The highest BCUT2D eigenvalue weighted by molar-refractivity contribution is 9.10. The number of aliphatic hydroxyl groups excluding tert-OH is 1. The zero-order valence-electron chi connectivity index (χ0n) is 9.58. The van der Waals surface area contributed by atoms with Crippen LogP contribution in [0.25, 0.3) is 0 Å². The van der Waals surface area contributed by atoms with Crippen molar-refractivity contribution in [1.29, 1.82) is 0 Å². The Bertz CT molecular complexity index is 568. The molecule has 0 aliphatic carbocycles. The summed E-state index contributed by atoms with van der Waals surface area (Å²) in [4.78, 5) is 0.870. The van der Waals surface area contributed by atoms with Crippen LogP contribution >= 0.6 is 27.3 Å². The van der Waals surface area contributed by atoms with Crippen molar-refractivity contribution >= 4 is 27.3 Å². The van der Waals surface area contributed by atoms with Crippen molar-refractivity contribution in [3.8, 4) is 0 Å². The van der Waals surface area contributed by atoms with E-state index in [0.717, 1.165) is 9.35 Å². The summed E-state index contributed by atoms with van der Waals surface area (Å²) in [6.45, 7) is 1.55. The minimum absolute atomic E-state index is 0.202. The number of thiophene rings is 1. The number of hydrogen-bond donors (Lipinski definition) is 1. The van der Waals surface area contributed by atoms with Crippen molar-refractivity contribution in [3.63, 3.8) is 0 Å². The van der Waals surface area contributed by atoms with Gasteiger partial charge in [0.15, 0.2) is 0 Å². The monoisotopic (exact) mass is 332 g/mol. The van der Waals surface area contributed by atoms with Crippen LogP contribution in [0.15, 0.2) is 28.1 Å². The summed E-state index contributed by atoms with van der Waals surface area (Å²) in [7, 11) is 0. The van der Waals surface area contributed by atoms with E-state index < -0.39 is 17.7 Å². The lowest BCUT2D eigenvalue weighted by atomic mass is 10.0. The third-order valence-electron chi connectivity index (χ3n) is 2.67. The molecule has 0 saturated heterocycles. The Balaban J connectivity index is 2.28. The topological polar surface area (TPSA) is 20.2 Å². The van der Waals surface area contributed by atoms with Gasteiger partial charge < -0.3 is 5.11 Å². The van der Waals surface area contributed by atoms with E-state index in [1.54, 1.807) is 6.92 Å². The van der Waals surface area contributed by atoms with Crippen molar-refractivity contribution in [2.24, 2.45) is 0 Å². The van der Waals surface area contributed by atoms with E-state index in [1.807, 2.05) is 11.4 Å². The lowest BCUT2D eigenvalue weighted by Crippen LogP contribution is -2.07. The highest BCUT2D eigenvalue weighted by Crippen LogP contribution is 2.29. The average molecular weight is 333 g/mol. The Kier molecular flexibility index (Phi) is 4.14. The van der Waals surface area contributed by atoms with Crippen LogP contribution in [0.3, 0.4) is 0 Å². The Hall–Kier alpha value is -0.780. The number of benzene rings is 1. The van der Waals surface area contributed by atoms with Crippen molar-refractivity contribution in [3.05, 3.63) is 55.7 Å². The molecular weight excluding hydrogens is 322 g/mol. The van der Waals surface area contributed by atoms with Gasteiger partial charge in [0, 0.05) is 21.2 Å². The number of aryl methyl sites for hydroxylation is 1. The van der Waals surface area contributed by atoms with E-state index in [0.29, 0.717) is 5.56 Å². The Morgan fingerprint density at radius 2 is 2.11 bits per heavy atom. The van der Waals surface area contributed by atoms with Crippen LogP contribution in [-0.2, 0) is 6.42 Å². The molecule has 0 aliphatic rings. The summed E-state index contributed by atoms with van der Waals surface area (Å²) >= 11 is 4.74. The molecule has 1 unspecified atom stereocenters. The van der Waals surface area contributed by atoms with Crippen LogP contribution in [0, 0.1) is 18.6 Å². The maximum atomic E-state index is 13.8. The normalized spacial score (nSPS) is 12.7. The van der Waals surface area contributed by atoms with Gasteiger partial charge in [0.1, 0.15) is 11.6 Å². The summed E-state index contributed by atoms with van der Waals surface area (Å²) < 4.78 is 28.3. The van der Waals surface area contributed by atoms with Gasteiger partial charge in [-0.05, 0) is 40.5 Å². The van der Waals surface area contributed by atoms with Gasteiger partial charge in [-0.1, -0.05) is 6.07 Å². The molecule has 1 nitrogen and oxygen atoms in total. The third-order valence-corrected chi connectivity index (χ3v) is 4.39. The van der Waals surface area contributed by atoms with Gasteiger partial charge in [-0.15, -0.1) is 11.3 Å². The van der Waals surface area contributed by atoms with Gasteiger partial charge in [0.25, 0.3) is 0 Å². The largest absolute Gasteiger partial charge is 0.388 e. The summed E-state index contributed by atoms with van der Waals surface area (Å²) in [5.74, 6) is -1.38. The first-order valence-electron chi connectivity index (χ1n) is 5.34. The SMILES string of the molecule is Cc1ccc(F)c(C(O)Cc2cc(Br)cs2)c1F. The molecule has 18 heavy (non-hydrogen) atoms. The fraction of sp³-hybridized carbons (Fsp3) is 0.231. The van der Waals surface area contributed by atoms with Crippen LogP contribution < -0.4 is 0 Å². The van der Waals surface area contributed by atoms with E-state index in [4.69, 9.17) is 0 Å².